The monoisotopic (exact) mass is 254 g/mol. The first-order chi connectivity index (χ1) is 9.16. The van der Waals surface area contributed by atoms with Gasteiger partial charge in [-0.05, 0) is 36.8 Å². The molecule has 0 bridgehead atoms. The molecular formula is C16H11FO2. The Labute approximate surface area is 109 Å². The van der Waals surface area contributed by atoms with Crippen LogP contribution >= 0.6 is 0 Å². The number of aryl methyl sites for hydroxylation is 1. The normalized spacial score (nSPS) is 10.8. The Morgan fingerprint density at radius 2 is 1.95 bits per heavy atom. The molecule has 0 aliphatic carbocycles. The first-order valence-corrected chi connectivity index (χ1v) is 5.94. The SMILES string of the molecule is Cc1cc(C(=O)c2coc3ccccc23)ccc1F. The van der Waals surface area contributed by atoms with Crippen molar-refractivity contribution in [3.05, 3.63) is 71.2 Å². The number of halogens is 1. The van der Waals surface area contributed by atoms with E-state index < -0.39 is 0 Å². The summed E-state index contributed by atoms with van der Waals surface area (Å²) in [7, 11) is 0. The molecule has 0 unspecified atom stereocenters. The molecule has 3 heteroatoms. The minimum absolute atomic E-state index is 0.159. The van der Waals surface area contributed by atoms with Crippen molar-refractivity contribution in [3.8, 4) is 0 Å². The molecular weight excluding hydrogens is 243 g/mol. The summed E-state index contributed by atoms with van der Waals surface area (Å²) in [6.45, 7) is 1.64. The quantitative estimate of drug-likeness (QED) is 0.644. The molecule has 0 saturated carbocycles. The lowest BCUT2D eigenvalue weighted by Crippen LogP contribution is -2.01. The summed E-state index contributed by atoms with van der Waals surface area (Å²) in [5, 5.41) is 0.773. The van der Waals surface area contributed by atoms with Crippen LogP contribution in [0.4, 0.5) is 4.39 Å². The van der Waals surface area contributed by atoms with E-state index >= 15 is 0 Å². The summed E-state index contributed by atoms with van der Waals surface area (Å²) >= 11 is 0. The Bertz CT molecular complexity index is 771. The van der Waals surface area contributed by atoms with Crippen LogP contribution in [0.1, 0.15) is 21.5 Å². The molecule has 0 amide bonds. The summed E-state index contributed by atoms with van der Waals surface area (Å²) in [5.41, 5.74) is 2.09. The van der Waals surface area contributed by atoms with Crippen molar-refractivity contribution < 1.29 is 13.6 Å². The minimum Gasteiger partial charge on any atom is -0.464 e. The maximum Gasteiger partial charge on any atom is 0.196 e. The second-order valence-electron chi connectivity index (χ2n) is 4.44. The molecule has 1 aromatic heterocycles. The Kier molecular flexibility index (Phi) is 2.67. The first kappa shape index (κ1) is 11.7. The first-order valence-electron chi connectivity index (χ1n) is 5.94. The summed E-state index contributed by atoms with van der Waals surface area (Å²) in [6.07, 6.45) is 1.45. The number of ketones is 1. The molecule has 3 rings (SSSR count). The van der Waals surface area contributed by atoms with Gasteiger partial charge in [0.15, 0.2) is 5.78 Å². The summed E-state index contributed by atoms with van der Waals surface area (Å²) < 4.78 is 18.6. The Balaban J connectivity index is 2.11. The van der Waals surface area contributed by atoms with Gasteiger partial charge in [-0.15, -0.1) is 0 Å². The molecule has 94 valence electrons. The van der Waals surface area contributed by atoms with Gasteiger partial charge in [0.2, 0.25) is 0 Å². The molecule has 0 atom stereocenters. The largest absolute Gasteiger partial charge is 0.464 e. The second kappa shape index (κ2) is 4.35. The number of hydrogen-bond donors (Lipinski definition) is 0. The van der Waals surface area contributed by atoms with E-state index in [0.717, 1.165) is 5.39 Å². The van der Waals surface area contributed by atoms with Gasteiger partial charge in [0.25, 0.3) is 0 Å². The van der Waals surface area contributed by atoms with Crippen molar-refractivity contribution in [1.82, 2.24) is 0 Å². The van der Waals surface area contributed by atoms with E-state index in [-0.39, 0.29) is 11.6 Å². The van der Waals surface area contributed by atoms with Gasteiger partial charge < -0.3 is 4.42 Å². The number of fused-ring (bicyclic) bond motifs is 1. The fourth-order valence-corrected chi connectivity index (χ4v) is 2.10. The maximum atomic E-state index is 13.2. The standard InChI is InChI=1S/C16H11FO2/c1-10-8-11(6-7-14(10)17)16(18)13-9-19-15-5-3-2-4-12(13)15/h2-9H,1H3. The van der Waals surface area contributed by atoms with Gasteiger partial charge >= 0.3 is 0 Å². The van der Waals surface area contributed by atoms with Gasteiger partial charge in [-0.2, -0.15) is 0 Å². The Hall–Kier alpha value is -2.42. The van der Waals surface area contributed by atoms with E-state index in [1.807, 2.05) is 24.3 Å². The van der Waals surface area contributed by atoms with Crippen LogP contribution in [0.3, 0.4) is 0 Å². The van der Waals surface area contributed by atoms with Gasteiger partial charge in [-0.25, -0.2) is 4.39 Å². The molecule has 19 heavy (non-hydrogen) atoms. The molecule has 0 radical (unpaired) electrons. The van der Waals surface area contributed by atoms with E-state index in [0.29, 0.717) is 22.3 Å². The Morgan fingerprint density at radius 3 is 2.74 bits per heavy atom. The summed E-state index contributed by atoms with van der Waals surface area (Å²) in [4.78, 5) is 12.4. The fraction of sp³-hybridized carbons (Fsp3) is 0.0625. The Morgan fingerprint density at radius 1 is 1.16 bits per heavy atom. The highest BCUT2D eigenvalue weighted by atomic mass is 19.1. The van der Waals surface area contributed by atoms with Crippen LogP contribution in [0.5, 0.6) is 0 Å². The maximum absolute atomic E-state index is 13.2. The van der Waals surface area contributed by atoms with E-state index in [2.05, 4.69) is 0 Å². The average molecular weight is 254 g/mol. The van der Waals surface area contributed by atoms with Gasteiger partial charge in [0.05, 0.1) is 5.56 Å². The molecule has 2 nitrogen and oxygen atoms in total. The molecule has 0 aliphatic heterocycles. The zero-order valence-corrected chi connectivity index (χ0v) is 10.3. The lowest BCUT2D eigenvalue weighted by Gasteiger charge is -2.01. The zero-order chi connectivity index (χ0) is 13.4. The third-order valence-electron chi connectivity index (χ3n) is 3.15. The van der Waals surface area contributed by atoms with Crippen LogP contribution < -0.4 is 0 Å². The predicted octanol–water partition coefficient (Wildman–Crippen LogP) is 4.11. The van der Waals surface area contributed by atoms with Crippen LogP contribution in [0.25, 0.3) is 11.0 Å². The summed E-state index contributed by atoms with van der Waals surface area (Å²) in [6, 6.07) is 11.7. The van der Waals surface area contributed by atoms with E-state index in [1.54, 1.807) is 13.0 Å². The molecule has 0 spiro atoms. The van der Waals surface area contributed by atoms with Crippen LogP contribution in [-0.2, 0) is 0 Å². The number of benzene rings is 2. The number of furan rings is 1. The van der Waals surface area contributed by atoms with Gasteiger partial charge in [-0.3, -0.25) is 4.79 Å². The molecule has 0 fully saturated rings. The second-order valence-corrected chi connectivity index (χ2v) is 4.44. The smallest absolute Gasteiger partial charge is 0.196 e. The van der Waals surface area contributed by atoms with Crippen molar-refractivity contribution in [2.24, 2.45) is 0 Å². The highest BCUT2D eigenvalue weighted by Gasteiger charge is 2.16. The molecule has 0 aliphatic rings. The topological polar surface area (TPSA) is 30.2 Å². The van der Waals surface area contributed by atoms with E-state index in [1.165, 1.54) is 18.4 Å². The molecule has 3 aromatic rings. The summed E-state index contributed by atoms with van der Waals surface area (Å²) in [5.74, 6) is -0.471. The lowest BCUT2D eigenvalue weighted by molar-refractivity contribution is 0.103. The third-order valence-corrected chi connectivity index (χ3v) is 3.15. The van der Waals surface area contributed by atoms with Gasteiger partial charge in [-0.1, -0.05) is 18.2 Å². The number of carbonyl (C=O) groups is 1. The van der Waals surface area contributed by atoms with Crippen molar-refractivity contribution in [1.29, 1.82) is 0 Å². The minimum atomic E-state index is -0.311. The number of para-hydroxylation sites is 1. The molecule has 2 aromatic carbocycles. The van der Waals surface area contributed by atoms with Gasteiger partial charge in [0.1, 0.15) is 17.7 Å². The number of rotatable bonds is 2. The van der Waals surface area contributed by atoms with Gasteiger partial charge in [0, 0.05) is 10.9 Å². The molecule has 1 heterocycles. The zero-order valence-electron chi connectivity index (χ0n) is 10.3. The van der Waals surface area contributed by atoms with E-state index in [9.17, 15) is 9.18 Å². The van der Waals surface area contributed by atoms with Crippen molar-refractivity contribution in [3.63, 3.8) is 0 Å². The van der Waals surface area contributed by atoms with E-state index in [4.69, 9.17) is 4.42 Å². The molecule has 0 saturated heterocycles. The van der Waals surface area contributed by atoms with Crippen LogP contribution in [-0.4, -0.2) is 5.78 Å². The van der Waals surface area contributed by atoms with Crippen LogP contribution in [0, 0.1) is 12.7 Å². The lowest BCUT2D eigenvalue weighted by atomic mass is 10.0. The van der Waals surface area contributed by atoms with Crippen LogP contribution in [0.2, 0.25) is 0 Å². The third kappa shape index (κ3) is 1.93. The van der Waals surface area contributed by atoms with Crippen molar-refractivity contribution >= 4 is 16.8 Å². The average Bonchev–Trinajstić information content (AvgIpc) is 2.85. The van der Waals surface area contributed by atoms with Crippen molar-refractivity contribution in [2.75, 3.05) is 0 Å². The number of carbonyl (C=O) groups excluding carboxylic acids is 1. The van der Waals surface area contributed by atoms with Crippen LogP contribution in [0.15, 0.2) is 53.1 Å². The fourth-order valence-electron chi connectivity index (χ4n) is 2.10. The number of hydrogen-bond acceptors (Lipinski definition) is 2. The van der Waals surface area contributed by atoms with Crippen molar-refractivity contribution in [2.45, 2.75) is 6.92 Å². The molecule has 0 N–H and O–H groups in total. The highest BCUT2D eigenvalue weighted by Crippen LogP contribution is 2.23. The highest BCUT2D eigenvalue weighted by molar-refractivity contribution is 6.15. The predicted molar refractivity (Wildman–Crippen MR) is 70.8 cm³/mol.